The van der Waals surface area contributed by atoms with Gasteiger partial charge in [-0.1, -0.05) is 18.2 Å². The molecule has 0 aliphatic rings. The molecule has 0 spiro atoms. The van der Waals surface area contributed by atoms with Crippen LogP contribution in [0.3, 0.4) is 0 Å². The van der Waals surface area contributed by atoms with Crippen LogP contribution in [0.2, 0.25) is 0 Å². The van der Waals surface area contributed by atoms with Crippen molar-refractivity contribution in [2.45, 2.75) is 13.0 Å². The van der Waals surface area contributed by atoms with Gasteiger partial charge < -0.3 is 11.1 Å². The number of aromatic nitrogens is 2. The summed E-state index contributed by atoms with van der Waals surface area (Å²) >= 11 is 0. The van der Waals surface area contributed by atoms with Crippen LogP contribution < -0.4 is 11.1 Å². The normalized spacial score (nSPS) is 12.4. The molecule has 0 amide bonds. The molecule has 1 aromatic carbocycles. The van der Waals surface area contributed by atoms with E-state index in [-0.39, 0.29) is 11.9 Å². The quantitative estimate of drug-likeness (QED) is 0.743. The van der Waals surface area contributed by atoms with E-state index in [0.717, 1.165) is 0 Å². The number of H-pyrrole nitrogens is 1. The van der Waals surface area contributed by atoms with E-state index >= 15 is 0 Å². The van der Waals surface area contributed by atoms with Crippen molar-refractivity contribution in [1.82, 2.24) is 10.2 Å². The first-order chi connectivity index (χ1) is 7.68. The summed E-state index contributed by atoms with van der Waals surface area (Å²) in [6.45, 7) is 1.87. The van der Waals surface area contributed by atoms with Crippen LogP contribution in [0.1, 0.15) is 18.5 Å². The van der Waals surface area contributed by atoms with Crippen LogP contribution in [0.5, 0.6) is 0 Å². The van der Waals surface area contributed by atoms with E-state index in [1.54, 1.807) is 24.4 Å². The number of nitrogens with one attached hydrogen (secondary N) is 2. The van der Waals surface area contributed by atoms with E-state index in [1.165, 1.54) is 6.07 Å². The van der Waals surface area contributed by atoms with Crippen LogP contribution in [-0.2, 0) is 0 Å². The molecule has 1 unspecified atom stereocenters. The standard InChI is InChI=1S/C11H13FN4/c1-7(8-4-2-3-5-9(8)12)15-10-6-14-16-11(10)13/h2-7,15H,1H3,(H3,13,14,16). The van der Waals surface area contributed by atoms with Crippen molar-refractivity contribution in [1.29, 1.82) is 0 Å². The van der Waals surface area contributed by atoms with Gasteiger partial charge in [-0.15, -0.1) is 0 Å². The van der Waals surface area contributed by atoms with Crippen LogP contribution >= 0.6 is 0 Å². The summed E-state index contributed by atoms with van der Waals surface area (Å²) in [5.74, 6) is 0.216. The van der Waals surface area contributed by atoms with Crippen molar-refractivity contribution in [3.05, 3.63) is 41.8 Å². The van der Waals surface area contributed by atoms with Crippen molar-refractivity contribution < 1.29 is 4.39 Å². The molecule has 4 N–H and O–H groups in total. The monoisotopic (exact) mass is 220 g/mol. The zero-order valence-corrected chi connectivity index (χ0v) is 8.87. The molecule has 1 heterocycles. The fourth-order valence-corrected chi connectivity index (χ4v) is 1.55. The second-order valence-corrected chi connectivity index (χ2v) is 3.58. The maximum absolute atomic E-state index is 13.5. The topological polar surface area (TPSA) is 66.7 Å². The third kappa shape index (κ3) is 1.98. The lowest BCUT2D eigenvalue weighted by molar-refractivity contribution is 0.600. The summed E-state index contributed by atoms with van der Waals surface area (Å²) in [7, 11) is 0. The van der Waals surface area contributed by atoms with E-state index in [1.807, 2.05) is 6.92 Å². The first kappa shape index (κ1) is 10.5. The van der Waals surface area contributed by atoms with Crippen LogP contribution in [0, 0.1) is 5.82 Å². The lowest BCUT2D eigenvalue weighted by Gasteiger charge is -2.15. The molecular formula is C11H13FN4. The predicted octanol–water partition coefficient (Wildman–Crippen LogP) is 2.30. The van der Waals surface area contributed by atoms with E-state index in [4.69, 9.17) is 5.73 Å². The van der Waals surface area contributed by atoms with Crippen LogP contribution in [0.25, 0.3) is 0 Å². The molecule has 4 nitrogen and oxygen atoms in total. The lowest BCUT2D eigenvalue weighted by Crippen LogP contribution is -2.09. The number of hydrogen-bond acceptors (Lipinski definition) is 3. The molecule has 5 heteroatoms. The molecule has 0 radical (unpaired) electrons. The van der Waals surface area contributed by atoms with Gasteiger partial charge in [-0.2, -0.15) is 5.10 Å². The maximum atomic E-state index is 13.5. The van der Waals surface area contributed by atoms with Crippen molar-refractivity contribution >= 4 is 11.5 Å². The Morgan fingerprint density at radius 1 is 1.44 bits per heavy atom. The van der Waals surface area contributed by atoms with Gasteiger partial charge in [-0.3, -0.25) is 5.10 Å². The minimum Gasteiger partial charge on any atom is -0.382 e. The van der Waals surface area contributed by atoms with Crippen molar-refractivity contribution in [3.8, 4) is 0 Å². The molecule has 0 aliphatic carbocycles. The maximum Gasteiger partial charge on any atom is 0.142 e. The van der Waals surface area contributed by atoms with Crippen molar-refractivity contribution in [3.63, 3.8) is 0 Å². The second-order valence-electron chi connectivity index (χ2n) is 3.58. The van der Waals surface area contributed by atoms with Gasteiger partial charge in [-0.05, 0) is 13.0 Å². The van der Waals surface area contributed by atoms with Gasteiger partial charge in [-0.25, -0.2) is 4.39 Å². The number of hydrogen-bond donors (Lipinski definition) is 3. The molecule has 0 saturated heterocycles. The number of nitrogens with two attached hydrogens (primary N) is 1. The highest BCUT2D eigenvalue weighted by Gasteiger charge is 2.11. The summed E-state index contributed by atoms with van der Waals surface area (Å²) in [6.07, 6.45) is 1.58. The number of aromatic amines is 1. The van der Waals surface area contributed by atoms with Gasteiger partial charge >= 0.3 is 0 Å². The van der Waals surface area contributed by atoms with Gasteiger partial charge in [0.25, 0.3) is 0 Å². The molecular weight excluding hydrogens is 207 g/mol. The zero-order valence-electron chi connectivity index (χ0n) is 8.87. The number of rotatable bonds is 3. The minimum atomic E-state index is -0.232. The third-order valence-electron chi connectivity index (χ3n) is 2.41. The molecule has 2 rings (SSSR count). The second kappa shape index (κ2) is 4.22. The first-order valence-corrected chi connectivity index (χ1v) is 4.98. The molecule has 2 aromatic rings. The first-order valence-electron chi connectivity index (χ1n) is 4.98. The van der Waals surface area contributed by atoms with Crippen LogP contribution in [0.15, 0.2) is 30.5 Å². The Kier molecular flexibility index (Phi) is 2.76. The SMILES string of the molecule is CC(Nc1cn[nH]c1N)c1ccccc1F. The summed E-state index contributed by atoms with van der Waals surface area (Å²) in [4.78, 5) is 0. The fourth-order valence-electron chi connectivity index (χ4n) is 1.55. The predicted molar refractivity (Wildman–Crippen MR) is 61.4 cm³/mol. The Hall–Kier alpha value is -2.04. The highest BCUT2D eigenvalue weighted by molar-refractivity contribution is 5.60. The number of nitrogens with zero attached hydrogens (tertiary/aromatic N) is 1. The van der Waals surface area contributed by atoms with Crippen molar-refractivity contribution in [2.24, 2.45) is 0 Å². The van der Waals surface area contributed by atoms with Gasteiger partial charge in [0.2, 0.25) is 0 Å². The Labute approximate surface area is 92.7 Å². The molecule has 84 valence electrons. The molecule has 0 saturated carbocycles. The summed E-state index contributed by atoms with van der Waals surface area (Å²) < 4.78 is 13.5. The lowest BCUT2D eigenvalue weighted by atomic mass is 10.1. The number of benzene rings is 1. The smallest absolute Gasteiger partial charge is 0.142 e. The van der Waals surface area contributed by atoms with E-state index in [2.05, 4.69) is 15.5 Å². The summed E-state index contributed by atoms with van der Waals surface area (Å²) in [5, 5.41) is 9.48. The average molecular weight is 220 g/mol. The van der Waals surface area contributed by atoms with E-state index in [0.29, 0.717) is 17.1 Å². The zero-order chi connectivity index (χ0) is 11.5. The summed E-state index contributed by atoms with van der Waals surface area (Å²) in [5.41, 5.74) is 6.91. The molecule has 0 fully saturated rings. The Morgan fingerprint density at radius 2 is 2.19 bits per heavy atom. The molecule has 1 atom stereocenters. The van der Waals surface area contributed by atoms with E-state index in [9.17, 15) is 4.39 Å². The summed E-state index contributed by atoms with van der Waals surface area (Å²) in [6, 6.07) is 6.48. The molecule has 0 bridgehead atoms. The highest BCUT2D eigenvalue weighted by atomic mass is 19.1. The average Bonchev–Trinajstić information content (AvgIpc) is 2.65. The van der Waals surface area contributed by atoms with Gasteiger partial charge in [0, 0.05) is 5.56 Å². The molecule has 16 heavy (non-hydrogen) atoms. The molecule has 1 aromatic heterocycles. The minimum absolute atomic E-state index is 0.166. The van der Waals surface area contributed by atoms with Crippen molar-refractivity contribution in [2.75, 3.05) is 11.1 Å². The largest absolute Gasteiger partial charge is 0.382 e. The molecule has 0 aliphatic heterocycles. The number of anilines is 2. The van der Waals surface area contributed by atoms with E-state index < -0.39 is 0 Å². The highest BCUT2D eigenvalue weighted by Crippen LogP contribution is 2.23. The van der Waals surface area contributed by atoms with Gasteiger partial charge in [0.15, 0.2) is 0 Å². The number of halogens is 1. The number of nitrogen functional groups attached to an aromatic ring is 1. The van der Waals surface area contributed by atoms with Crippen LogP contribution in [-0.4, -0.2) is 10.2 Å². The van der Waals surface area contributed by atoms with Gasteiger partial charge in [0.05, 0.1) is 17.9 Å². The van der Waals surface area contributed by atoms with Crippen LogP contribution in [0.4, 0.5) is 15.9 Å². The fraction of sp³-hybridized carbons (Fsp3) is 0.182. The Morgan fingerprint density at radius 3 is 2.81 bits per heavy atom. The van der Waals surface area contributed by atoms with Gasteiger partial charge in [0.1, 0.15) is 11.6 Å². The third-order valence-corrected chi connectivity index (χ3v) is 2.41. The Balaban J connectivity index is 2.18. The Bertz CT molecular complexity index is 480.